The Bertz CT molecular complexity index is 299. The monoisotopic (exact) mass is 246 g/mol. The molecule has 0 radical (unpaired) electrons. The maximum absolute atomic E-state index is 11.0. The van der Waals surface area contributed by atoms with Crippen molar-refractivity contribution < 1.29 is 34.4 Å². The summed E-state index contributed by atoms with van der Waals surface area (Å²) in [6.45, 7) is 6.29. The molecule has 3 atom stereocenters. The number of hydrogen-bond acceptors (Lipinski definition) is 7. The van der Waals surface area contributed by atoms with E-state index in [0.29, 0.717) is 0 Å². The van der Waals surface area contributed by atoms with E-state index in [4.69, 9.17) is 10.2 Å². The first-order chi connectivity index (χ1) is 7.90. The average Bonchev–Trinajstić information content (AvgIpc) is 2.28. The summed E-state index contributed by atoms with van der Waals surface area (Å²) < 4.78 is 8.55. The minimum Gasteiger partial charge on any atom is -0.432 e. The molecule has 0 aliphatic carbocycles. The van der Waals surface area contributed by atoms with Crippen molar-refractivity contribution in [1.82, 2.24) is 0 Å². The number of rotatable bonds is 7. The van der Waals surface area contributed by atoms with E-state index in [1.54, 1.807) is 0 Å². The number of carbonyl (C=O) groups excluding carboxylic acids is 2. The van der Waals surface area contributed by atoms with E-state index in [0.717, 1.165) is 12.2 Å². The Morgan fingerprint density at radius 1 is 1.06 bits per heavy atom. The van der Waals surface area contributed by atoms with E-state index in [-0.39, 0.29) is 0 Å². The fraction of sp³-hybridized carbons (Fsp3) is 0.400. The third-order valence-electron chi connectivity index (χ3n) is 1.52. The lowest BCUT2D eigenvalue weighted by Crippen LogP contribution is -2.30. The van der Waals surface area contributed by atoms with E-state index in [1.807, 2.05) is 0 Å². The Labute approximate surface area is 97.6 Å². The summed E-state index contributed by atoms with van der Waals surface area (Å²) in [6.07, 6.45) is -3.72. The summed E-state index contributed by atoms with van der Waals surface area (Å²) in [5.41, 5.74) is 0. The van der Waals surface area contributed by atoms with Crippen molar-refractivity contribution in [1.29, 1.82) is 0 Å². The van der Waals surface area contributed by atoms with Crippen LogP contribution in [-0.4, -0.2) is 45.9 Å². The van der Waals surface area contributed by atoms with Gasteiger partial charge in [-0.3, -0.25) is 4.79 Å². The van der Waals surface area contributed by atoms with Gasteiger partial charge in [-0.05, 0) is 12.2 Å². The van der Waals surface area contributed by atoms with Crippen LogP contribution in [0.25, 0.3) is 0 Å². The summed E-state index contributed by atoms with van der Waals surface area (Å²) in [4.78, 5) is 22.0. The third-order valence-corrected chi connectivity index (χ3v) is 1.52. The molecular formula is C10H14O7. The Morgan fingerprint density at radius 2 is 1.53 bits per heavy atom. The van der Waals surface area contributed by atoms with Crippen molar-refractivity contribution >= 4 is 11.9 Å². The van der Waals surface area contributed by atoms with Gasteiger partial charge in [0.1, 0.15) is 0 Å². The third kappa shape index (κ3) is 6.46. The fourth-order valence-corrected chi connectivity index (χ4v) is 0.718. The quantitative estimate of drug-likeness (QED) is 0.295. The first-order valence-corrected chi connectivity index (χ1v) is 4.60. The maximum atomic E-state index is 11.0. The molecule has 0 aromatic heterocycles. The predicted octanol–water partition coefficient (Wildman–Crippen LogP) is -1.17. The van der Waals surface area contributed by atoms with Crippen molar-refractivity contribution in [3.8, 4) is 0 Å². The molecule has 0 bridgehead atoms. The molecule has 0 fully saturated rings. The largest absolute Gasteiger partial charge is 0.432 e. The highest BCUT2D eigenvalue weighted by Gasteiger charge is 2.23. The summed E-state index contributed by atoms with van der Waals surface area (Å²) in [5.74, 6) is -2.22. The highest BCUT2D eigenvalue weighted by atomic mass is 16.6. The van der Waals surface area contributed by atoms with Crippen LogP contribution >= 0.6 is 0 Å². The molecule has 0 saturated heterocycles. The highest BCUT2D eigenvalue weighted by Crippen LogP contribution is 2.02. The Morgan fingerprint density at radius 3 is 2.00 bits per heavy atom. The summed E-state index contributed by atoms with van der Waals surface area (Å²) in [7, 11) is 0. The van der Waals surface area contributed by atoms with E-state index in [1.165, 1.54) is 0 Å². The van der Waals surface area contributed by atoms with Crippen LogP contribution in [0.3, 0.4) is 0 Å². The molecule has 7 heteroatoms. The highest BCUT2D eigenvalue weighted by molar-refractivity contribution is 5.81. The molecule has 3 unspecified atom stereocenters. The lowest BCUT2D eigenvalue weighted by atomic mass is 10.2. The van der Waals surface area contributed by atoms with Gasteiger partial charge in [-0.25, -0.2) is 4.79 Å². The number of esters is 2. The van der Waals surface area contributed by atoms with E-state index in [9.17, 15) is 14.7 Å². The predicted molar refractivity (Wildman–Crippen MR) is 55.2 cm³/mol. The second kappa shape index (κ2) is 7.55. The molecule has 96 valence electrons. The average molecular weight is 246 g/mol. The summed E-state index contributed by atoms with van der Waals surface area (Å²) in [6, 6.07) is 0. The van der Waals surface area contributed by atoms with Gasteiger partial charge in [0.15, 0.2) is 6.10 Å². The second-order valence-corrected chi connectivity index (χ2v) is 2.90. The molecule has 0 saturated carbocycles. The lowest BCUT2D eigenvalue weighted by molar-refractivity contribution is -0.177. The van der Waals surface area contributed by atoms with Crippen molar-refractivity contribution in [3.05, 3.63) is 25.3 Å². The first-order valence-electron chi connectivity index (χ1n) is 4.60. The van der Waals surface area contributed by atoms with Gasteiger partial charge >= 0.3 is 11.9 Å². The molecule has 7 nitrogen and oxygen atoms in total. The van der Waals surface area contributed by atoms with Crippen LogP contribution in [-0.2, 0) is 19.1 Å². The molecular weight excluding hydrogens is 232 g/mol. The number of aliphatic hydroxyl groups is 3. The van der Waals surface area contributed by atoms with Gasteiger partial charge in [-0.1, -0.05) is 13.2 Å². The summed E-state index contributed by atoms with van der Waals surface area (Å²) >= 11 is 0. The van der Waals surface area contributed by atoms with E-state index < -0.39 is 37.0 Å². The molecule has 0 aliphatic rings. The smallest absolute Gasteiger partial charge is 0.338 e. The first kappa shape index (κ1) is 15.3. The van der Waals surface area contributed by atoms with Crippen molar-refractivity contribution in [2.45, 2.75) is 25.1 Å². The minimum atomic E-state index is -1.80. The van der Waals surface area contributed by atoms with E-state index in [2.05, 4.69) is 22.6 Å². The van der Waals surface area contributed by atoms with Crippen LogP contribution in [0.5, 0.6) is 0 Å². The van der Waals surface area contributed by atoms with Gasteiger partial charge in [0.05, 0.1) is 6.42 Å². The van der Waals surface area contributed by atoms with Gasteiger partial charge in [0, 0.05) is 0 Å². The zero-order valence-electron chi connectivity index (χ0n) is 8.98. The topological polar surface area (TPSA) is 113 Å². The Kier molecular flexibility index (Phi) is 6.80. The van der Waals surface area contributed by atoms with Gasteiger partial charge in [0.2, 0.25) is 12.6 Å². The molecule has 0 rings (SSSR count). The molecule has 0 aromatic rings. The van der Waals surface area contributed by atoms with Gasteiger partial charge in [-0.15, -0.1) is 0 Å². The van der Waals surface area contributed by atoms with Crippen LogP contribution in [0.15, 0.2) is 25.3 Å². The zero-order valence-corrected chi connectivity index (χ0v) is 8.98. The molecule has 0 spiro atoms. The van der Waals surface area contributed by atoms with Crippen LogP contribution in [0.4, 0.5) is 0 Å². The molecule has 0 aliphatic heterocycles. The van der Waals surface area contributed by atoms with Gasteiger partial charge in [0.25, 0.3) is 0 Å². The fourth-order valence-electron chi connectivity index (χ4n) is 0.718. The van der Waals surface area contributed by atoms with Crippen LogP contribution in [0, 0.1) is 0 Å². The number of ether oxygens (including phenoxy) is 2. The maximum Gasteiger partial charge on any atom is 0.338 e. The number of carbonyl (C=O) groups is 2. The Balaban J connectivity index is 4.11. The standard InChI is InChI=1S/C10H14O7/c1-3-7(12)16-9(14)5-6(11)10(15)17-8(13)4-2/h3-4,6-8,11-13H,1-2,5H2. The van der Waals surface area contributed by atoms with Gasteiger partial charge in [-0.2, -0.15) is 0 Å². The molecule has 17 heavy (non-hydrogen) atoms. The van der Waals surface area contributed by atoms with Crippen LogP contribution in [0.2, 0.25) is 0 Å². The Hall–Kier alpha value is -1.70. The summed E-state index contributed by atoms with van der Waals surface area (Å²) in [5, 5.41) is 26.9. The van der Waals surface area contributed by atoms with Crippen molar-refractivity contribution in [3.63, 3.8) is 0 Å². The SMILES string of the molecule is C=CC(O)OC(=O)CC(O)C(=O)OC(O)C=C. The molecule has 0 amide bonds. The second-order valence-electron chi connectivity index (χ2n) is 2.90. The van der Waals surface area contributed by atoms with Crippen LogP contribution < -0.4 is 0 Å². The van der Waals surface area contributed by atoms with E-state index >= 15 is 0 Å². The number of aliphatic hydroxyl groups excluding tert-OH is 3. The van der Waals surface area contributed by atoms with Gasteiger partial charge < -0.3 is 24.8 Å². The lowest BCUT2D eigenvalue weighted by Gasteiger charge is -2.13. The number of hydrogen-bond donors (Lipinski definition) is 3. The van der Waals surface area contributed by atoms with Crippen LogP contribution in [0.1, 0.15) is 6.42 Å². The minimum absolute atomic E-state index is 0.715. The molecule has 0 heterocycles. The molecule has 0 aromatic carbocycles. The normalized spacial score (nSPS) is 15.2. The van der Waals surface area contributed by atoms with Crippen molar-refractivity contribution in [2.75, 3.05) is 0 Å². The molecule has 3 N–H and O–H groups in total. The van der Waals surface area contributed by atoms with Crippen molar-refractivity contribution in [2.24, 2.45) is 0 Å². The zero-order chi connectivity index (χ0) is 13.4.